The Hall–Kier alpha value is -2.34. The van der Waals surface area contributed by atoms with Crippen LogP contribution in [0, 0.1) is 6.92 Å². The fourth-order valence-corrected chi connectivity index (χ4v) is 1.53. The summed E-state index contributed by atoms with van der Waals surface area (Å²) in [5.41, 5.74) is 6.69. The van der Waals surface area contributed by atoms with E-state index >= 15 is 0 Å². The monoisotopic (exact) mass is 278 g/mol. The number of nitrogens with two attached hydrogens (primary N) is 1. The molecule has 6 nitrogen and oxygen atoms in total. The van der Waals surface area contributed by atoms with Crippen molar-refractivity contribution in [2.75, 3.05) is 0 Å². The van der Waals surface area contributed by atoms with Crippen molar-refractivity contribution in [3.05, 3.63) is 46.7 Å². The molecule has 2 aromatic rings. The Balaban J connectivity index is 2.31. The van der Waals surface area contributed by atoms with Crippen molar-refractivity contribution in [3.8, 4) is 11.8 Å². The largest absolute Gasteiger partial charge is 0.423 e. The molecule has 0 radical (unpaired) electrons. The van der Waals surface area contributed by atoms with Gasteiger partial charge in [0.25, 0.3) is 0 Å². The number of nitrogens with zero attached hydrogens (tertiary/aromatic N) is 3. The number of oxime groups is 1. The molecule has 1 aromatic carbocycles. The molecule has 1 aromatic heterocycles. The van der Waals surface area contributed by atoms with Crippen LogP contribution in [0.5, 0.6) is 11.8 Å². The summed E-state index contributed by atoms with van der Waals surface area (Å²) in [6.45, 7) is 1.91. The van der Waals surface area contributed by atoms with Crippen molar-refractivity contribution in [1.82, 2.24) is 9.97 Å². The van der Waals surface area contributed by atoms with Gasteiger partial charge in [-0.1, -0.05) is 22.8 Å². The van der Waals surface area contributed by atoms with Crippen LogP contribution < -0.4 is 10.5 Å². The van der Waals surface area contributed by atoms with E-state index in [4.69, 9.17) is 27.3 Å². The van der Waals surface area contributed by atoms with Crippen LogP contribution in [0.2, 0.25) is 5.02 Å². The number of amidine groups is 1. The van der Waals surface area contributed by atoms with E-state index < -0.39 is 0 Å². The van der Waals surface area contributed by atoms with Gasteiger partial charge >= 0.3 is 6.01 Å². The van der Waals surface area contributed by atoms with Crippen molar-refractivity contribution < 1.29 is 9.94 Å². The molecular formula is C12H11ClN4O2. The first-order chi connectivity index (χ1) is 9.10. The van der Waals surface area contributed by atoms with E-state index in [2.05, 4.69) is 15.1 Å². The third-order valence-corrected chi connectivity index (χ3v) is 2.60. The van der Waals surface area contributed by atoms with E-state index in [1.54, 1.807) is 12.1 Å². The average molecular weight is 279 g/mol. The van der Waals surface area contributed by atoms with Crippen molar-refractivity contribution >= 4 is 17.4 Å². The van der Waals surface area contributed by atoms with Crippen LogP contribution in [-0.2, 0) is 0 Å². The molecule has 1 heterocycles. The van der Waals surface area contributed by atoms with Crippen LogP contribution in [0.3, 0.4) is 0 Å². The molecule has 0 saturated heterocycles. The first-order valence-electron chi connectivity index (χ1n) is 5.35. The summed E-state index contributed by atoms with van der Waals surface area (Å²) in [6, 6.07) is 6.92. The van der Waals surface area contributed by atoms with Gasteiger partial charge in [-0.05, 0) is 30.7 Å². The summed E-state index contributed by atoms with van der Waals surface area (Å²) in [5, 5.41) is 11.9. The number of hydrogen-bond donors (Lipinski definition) is 2. The molecule has 7 heteroatoms. The molecule has 2 rings (SSSR count). The van der Waals surface area contributed by atoms with Crippen LogP contribution >= 0.6 is 11.6 Å². The molecule has 0 atom stereocenters. The van der Waals surface area contributed by atoms with Crippen LogP contribution in [0.4, 0.5) is 0 Å². The first kappa shape index (κ1) is 13.1. The fourth-order valence-electron chi connectivity index (χ4n) is 1.37. The minimum atomic E-state index is -0.123. The maximum absolute atomic E-state index is 8.59. The van der Waals surface area contributed by atoms with Crippen molar-refractivity contribution in [3.63, 3.8) is 0 Å². The molecule has 0 fully saturated rings. The minimum absolute atomic E-state index is 0.0663. The van der Waals surface area contributed by atoms with Gasteiger partial charge in [0.2, 0.25) is 0 Å². The molecule has 0 spiro atoms. The lowest BCUT2D eigenvalue weighted by Gasteiger charge is -2.07. The highest BCUT2D eigenvalue weighted by Gasteiger charge is 2.08. The topological polar surface area (TPSA) is 93.6 Å². The molecule has 0 saturated carbocycles. The van der Waals surface area contributed by atoms with Crippen LogP contribution in [0.25, 0.3) is 0 Å². The number of ether oxygens (including phenoxy) is 1. The van der Waals surface area contributed by atoms with Gasteiger partial charge in [0.15, 0.2) is 5.84 Å². The standard InChI is InChI=1S/C12H11ClN4O2/c1-7-2-3-8(13)10(6-7)19-12-15-5-4-9(16-12)11(14)17-18/h2-6,18H,1H3,(H2,14,17). The van der Waals surface area contributed by atoms with Crippen LogP contribution in [0.1, 0.15) is 11.3 Å². The molecule has 0 aliphatic heterocycles. The van der Waals surface area contributed by atoms with E-state index in [1.165, 1.54) is 12.3 Å². The molecular weight excluding hydrogens is 268 g/mol. The Morgan fingerprint density at radius 1 is 1.42 bits per heavy atom. The van der Waals surface area contributed by atoms with Gasteiger partial charge in [-0.25, -0.2) is 4.98 Å². The number of hydrogen-bond acceptors (Lipinski definition) is 5. The Kier molecular flexibility index (Phi) is 3.82. The lowest BCUT2D eigenvalue weighted by atomic mass is 10.2. The molecule has 3 N–H and O–H groups in total. The average Bonchev–Trinajstić information content (AvgIpc) is 2.42. The summed E-state index contributed by atoms with van der Waals surface area (Å²) < 4.78 is 5.48. The van der Waals surface area contributed by atoms with Gasteiger partial charge in [0.1, 0.15) is 11.4 Å². The van der Waals surface area contributed by atoms with E-state index in [-0.39, 0.29) is 17.5 Å². The third kappa shape index (κ3) is 3.11. The third-order valence-electron chi connectivity index (χ3n) is 2.29. The van der Waals surface area contributed by atoms with E-state index in [9.17, 15) is 0 Å². The fraction of sp³-hybridized carbons (Fsp3) is 0.0833. The van der Waals surface area contributed by atoms with E-state index in [1.807, 2.05) is 13.0 Å². The predicted octanol–water partition coefficient (Wildman–Crippen LogP) is 2.33. The Morgan fingerprint density at radius 3 is 2.95 bits per heavy atom. The lowest BCUT2D eigenvalue weighted by Crippen LogP contribution is -2.15. The highest BCUT2D eigenvalue weighted by Crippen LogP contribution is 2.28. The smallest absolute Gasteiger partial charge is 0.322 e. The summed E-state index contributed by atoms with van der Waals surface area (Å²) in [5.74, 6) is 0.320. The van der Waals surface area contributed by atoms with Crippen molar-refractivity contribution in [2.45, 2.75) is 6.92 Å². The highest BCUT2D eigenvalue weighted by atomic mass is 35.5. The molecule has 98 valence electrons. The maximum Gasteiger partial charge on any atom is 0.322 e. The SMILES string of the molecule is Cc1ccc(Cl)c(Oc2nccc(/C(N)=N/O)n2)c1. The summed E-state index contributed by atoms with van der Waals surface area (Å²) >= 11 is 6.01. The number of aryl methyl sites for hydroxylation is 1. The molecule has 0 aliphatic carbocycles. The zero-order valence-electron chi connectivity index (χ0n) is 10.0. The van der Waals surface area contributed by atoms with Crippen molar-refractivity contribution in [1.29, 1.82) is 0 Å². The molecule has 0 amide bonds. The number of aromatic nitrogens is 2. The summed E-state index contributed by atoms with van der Waals surface area (Å²) in [6.07, 6.45) is 1.44. The van der Waals surface area contributed by atoms with Crippen LogP contribution in [-0.4, -0.2) is 21.0 Å². The van der Waals surface area contributed by atoms with Crippen LogP contribution in [0.15, 0.2) is 35.6 Å². The van der Waals surface area contributed by atoms with Gasteiger partial charge in [0, 0.05) is 6.20 Å². The Bertz CT molecular complexity index is 631. The van der Waals surface area contributed by atoms with Gasteiger partial charge in [-0.2, -0.15) is 4.98 Å². The molecule has 0 bridgehead atoms. The Morgan fingerprint density at radius 2 is 2.21 bits per heavy atom. The first-order valence-corrected chi connectivity index (χ1v) is 5.73. The predicted molar refractivity (Wildman–Crippen MR) is 70.8 cm³/mol. The number of halogens is 1. The van der Waals surface area contributed by atoms with E-state index in [0.29, 0.717) is 10.8 Å². The van der Waals surface area contributed by atoms with Gasteiger partial charge in [0.05, 0.1) is 5.02 Å². The van der Waals surface area contributed by atoms with Crippen molar-refractivity contribution in [2.24, 2.45) is 10.9 Å². The summed E-state index contributed by atoms with van der Waals surface area (Å²) in [7, 11) is 0. The molecule has 19 heavy (non-hydrogen) atoms. The lowest BCUT2D eigenvalue weighted by molar-refractivity contribution is 0.318. The quantitative estimate of drug-likeness (QED) is 0.389. The van der Waals surface area contributed by atoms with E-state index in [0.717, 1.165) is 5.56 Å². The highest BCUT2D eigenvalue weighted by molar-refractivity contribution is 6.32. The number of benzene rings is 1. The molecule has 0 unspecified atom stereocenters. The van der Waals surface area contributed by atoms with Gasteiger partial charge in [-0.3, -0.25) is 0 Å². The Labute approximate surface area is 114 Å². The minimum Gasteiger partial charge on any atom is -0.423 e. The maximum atomic E-state index is 8.59. The second kappa shape index (κ2) is 5.53. The summed E-state index contributed by atoms with van der Waals surface area (Å²) in [4.78, 5) is 7.94. The normalized spacial score (nSPS) is 11.4. The zero-order valence-corrected chi connectivity index (χ0v) is 10.8. The second-order valence-electron chi connectivity index (χ2n) is 3.75. The zero-order chi connectivity index (χ0) is 13.8. The number of rotatable bonds is 3. The van der Waals surface area contributed by atoms with Gasteiger partial charge < -0.3 is 15.7 Å². The van der Waals surface area contributed by atoms with Gasteiger partial charge in [-0.15, -0.1) is 0 Å². The molecule has 0 aliphatic rings. The second-order valence-corrected chi connectivity index (χ2v) is 4.15.